The van der Waals surface area contributed by atoms with E-state index < -0.39 is 23.9 Å². The van der Waals surface area contributed by atoms with Gasteiger partial charge in [0, 0.05) is 49.9 Å². The van der Waals surface area contributed by atoms with Crippen molar-refractivity contribution < 1.29 is 38.2 Å². The van der Waals surface area contributed by atoms with E-state index in [4.69, 9.17) is 28.9 Å². The standard InChI is InChI=1S/C59H68FN9O7S/c1-6-37-13-11-14-40-25-42(70)26-44(50(37)40)52-51(60)53-45(29-61-52)55(67-22-9-7-8-10-23-67)65-58(64-53)75-32-59-20-12-24-69(59)41(19-21-59)31-74-48-28-47(76-66-48)49(34(2)3)57(73)68-30-43(71)27-46(68)56(72)63-35(4)38-15-17-39(18-16-38)54-36(5)62-33-77-54/h11,13-18,25-26,28-29,33-35,41,43,46,49,70-71H,6-10,12,19-24,27,30-32H2,1-5H3,(H,63,72)/t35-,41-,43+,46-,49-,59-/m0/s1. The Morgan fingerprint density at radius 1 is 0.974 bits per heavy atom. The second-order valence-electron chi connectivity index (χ2n) is 21.9. The molecule has 0 spiro atoms. The van der Waals surface area contributed by atoms with Crippen LogP contribution in [0.4, 0.5) is 10.2 Å². The molecule has 16 nitrogen and oxygen atoms in total. The Labute approximate surface area is 452 Å². The zero-order valence-electron chi connectivity index (χ0n) is 44.5. The Morgan fingerprint density at radius 3 is 2.53 bits per heavy atom. The number of amides is 2. The summed E-state index contributed by atoms with van der Waals surface area (Å²) in [7, 11) is 0. The maximum absolute atomic E-state index is 17.3. The van der Waals surface area contributed by atoms with Crippen molar-refractivity contribution in [3.63, 3.8) is 0 Å². The van der Waals surface area contributed by atoms with E-state index in [-0.39, 0.29) is 77.2 Å². The number of phenolic OH excluding ortho intramolecular Hbond substituents is 1. The number of phenols is 1. The number of pyridine rings is 1. The first kappa shape index (κ1) is 52.3. The summed E-state index contributed by atoms with van der Waals surface area (Å²) in [5.74, 6) is -1.00. The highest BCUT2D eigenvalue weighted by Crippen LogP contribution is 2.44. The number of nitrogens with one attached hydrogen (secondary N) is 1. The van der Waals surface area contributed by atoms with E-state index in [0.717, 1.165) is 115 Å². The summed E-state index contributed by atoms with van der Waals surface area (Å²) in [6.45, 7) is 12.9. The number of anilines is 1. The number of nitrogens with zero attached hydrogens (tertiary/aromatic N) is 8. The zero-order chi connectivity index (χ0) is 53.5. The molecule has 3 N–H and O–H groups in total. The van der Waals surface area contributed by atoms with Crippen molar-refractivity contribution in [3.05, 3.63) is 101 Å². The van der Waals surface area contributed by atoms with Crippen LogP contribution in [0, 0.1) is 18.7 Å². The number of hydrogen-bond donors (Lipinski definition) is 3. The number of β-amino-alcohol motifs (C(OH)–C–C–N with tert-alkyl or cyclic N) is 1. The third-order valence-electron chi connectivity index (χ3n) is 16.5. The number of aromatic hydroxyl groups is 1. The fourth-order valence-electron chi connectivity index (χ4n) is 12.5. The van der Waals surface area contributed by atoms with Crippen molar-refractivity contribution in [1.82, 2.24) is 40.2 Å². The van der Waals surface area contributed by atoms with Crippen LogP contribution in [0.5, 0.6) is 17.6 Å². The Balaban J connectivity index is 0.770. The molecule has 8 heterocycles. The summed E-state index contributed by atoms with van der Waals surface area (Å²) in [6.07, 6.45) is 9.44. The van der Waals surface area contributed by atoms with Crippen LogP contribution < -0.4 is 19.7 Å². The Bertz CT molecular complexity index is 3290. The van der Waals surface area contributed by atoms with Crippen molar-refractivity contribution in [1.29, 1.82) is 0 Å². The number of rotatable bonds is 16. The predicted octanol–water partition coefficient (Wildman–Crippen LogP) is 10.1. The number of thiazole rings is 1. The van der Waals surface area contributed by atoms with E-state index in [1.54, 1.807) is 35.7 Å². The first-order valence-corrected chi connectivity index (χ1v) is 28.3. The van der Waals surface area contributed by atoms with Gasteiger partial charge in [0.2, 0.25) is 11.8 Å². The van der Waals surface area contributed by atoms with Crippen LogP contribution >= 0.6 is 11.3 Å². The van der Waals surface area contributed by atoms with Gasteiger partial charge in [-0.3, -0.25) is 19.5 Å². The minimum Gasteiger partial charge on any atom is -0.508 e. The van der Waals surface area contributed by atoms with Gasteiger partial charge >= 0.3 is 6.01 Å². The Hall–Kier alpha value is -6.76. The van der Waals surface area contributed by atoms with E-state index >= 15 is 4.39 Å². The number of aliphatic hydroxyl groups excluding tert-OH is 1. The quantitative estimate of drug-likeness (QED) is 0.0828. The highest BCUT2D eigenvalue weighted by atomic mass is 32.1. The number of carbonyl (C=O) groups excluding carboxylic acids is 2. The number of aliphatic hydroxyl groups is 1. The van der Waals surface area contributed by atoms with Crippen molar-refractivity contribution >= 4 is 50.6 Å². The molecule has 4 saturated heterocycles. The molecule has 4 aliphatic rings. The smallest absolute Gasteiger partial charge is 0.319 e. The van der Waals surface area contributed by atoms with Gasteiger partial charge in [-0.05, 0) is 116 Å². The molecule has 77 heavy (non-hydrogen) atoms. The molecule has 0 saturated carbocycles. The van der Waals surface area contributed by atoms with Crippen LogP contribution in [0.15, 0.2) is 76.9 Å². The normalized spacial score (nSPS) is 21.7. The number of carbonyl (C=O) groups is 2. The van der Waals surface area contributed by atoms with Crippen molar-refractivity contribution in [2.45, 2.75) is 135 Å². The molecule has 6 atom stereocenters. The third-order valence-corrected chi connectivity index (χ3v) is 17.5. The number of benzene rings is 3. The van der Waals surface area contributed by atoms with Crippen LogP contribution in [0.3, 0.4) is 0 Å². The van der Waals surface area contributed by atoms with Gasteiger partial charge < -0.3 is 39.3 Å². The molecular weight excluding hydrogens is 998 g/mol. The van der Waals surface area contributed by atoms with E-state index in [1.165, 1.54) is 4.90 Å². The fourth-order valence-corrected chi connectivity index (χ4v) is 13.4. The minimum atomic E-state index is -0.863. The number of halogens is 1. The lowest BCUT2D eigenvalue weighted by Gasteiger charge is -2.34. The molecule has 0 unspecified atom stereocenters. The van der Waals surface area contributed by atoms with Crippen LogP contribution in [0.2, 0.25) is 0 Å². The van der Waals surface area contributed by atoms with Gasteiger partial charge in [0.25, 0.3) is 5.88 Å². The topological polar surface area (TPSA) is 192 Å². The molecule has 404 valence electrons. The van der Waals surface area contributed by atoms with E-state index in [1.807, 2.05) is 75.7 Å². The minimum absolute atomic E-state index is 0.0254. The summed E-state index contributed by atoms with van der Waals surface area (Å²) < 4.78 is 36.1. The zero-order valence-corrected chi connectivity index (χ0v) is 45.3. The lowest BCUT2D eigenvalue weighted by Crippen LogP contribution is -2.48. The van der Waals surface area contributed by atoms with Crippen LogP contribution in [0.1, 0.15) is 120 Å². The van der Waals surface area contributed by atoms with Gasteiger partial charge in [-0.25, -0.2) is 9.37 Å². The van der Waals surface area contributed by atoms with Gasteiger partial charge in [0.05, 0.1) is 39.2 Å². The maximum Gasteiger partial charge on any atom is 0.319 e. The molecule has 18 heteroatoms. The van der Waals surface area contributed by atoms with Crippen molar-refractivity contribution in [2.24, 2.45) is 5.92 Å². The molecule has 4 aromatic heterocycles. The largest absolute Gasteiger partial charge is 0.508 e. The number of hydrogen-bond acceptors (Lipinski definition) is 15. The van der Waals surface area contributed by atoms with Crippen molar-refractivity contribution in [3.8, 4) is 39.3 Å². The molecule has 0 bridgehead atoms. The fraction of sp³-hybridized carbons (Fsp3) is 0.475. The number of ether oxygens (including phenoxy) is 2. The lowest BCUT2D eigenvalue weighted by atomic mass is 9.91. The number of aryl methyl sites for hydroxylation is 2. The predicted molar refractivity (Wildman–Crippen MR) is 294 cm³/mol. The second-order valence-corrected chi connectivity index (χ2v) is 22.7. The molecule has 0 aliphatic carbocycles. The summed E-state index contributed by atoms with van der Waals surface area (Å²) in [5.41, 5.74) is 6.24. The van der Waals surface area contributed by atoms with Crippen molar-refractivity contribution in [2.75, 3.05) is 44.3 Å². The molecule has 7 aromatic rings. The highest BCUT2D eigenvalue weighted by Gasteiger charge is 2.50. The van der Waals surface area contributed by atoms with Gasteiger partial charge in [-0.1, -0.05) is 76.1 Å². The van der Waals surface area contributed by atoms with E-state index in [9.17, 15) is 19.8 Å². The summed E-state index contributed by atoms with van der Waals surface area (Å²) in [6, 6.07) is 17.8. The maximum atomic E-state index is 17.3. The van der Waals surface area contributed by atoms with E-state index in [2.05, 4.69) is 32.2 Å². The Morgan fingerprint density at radius 2 is 1.78 bits per heavy atom. The first-order valence-electron chi connectivity index (χ1n) is 27.4. The van der Waals surface area contributed by atoms with Crippen LogP contribution in [0.25, 0.3) is 43.4 Å². The van der Waals surface area contributed by atoms with Crippen LogP contribution in [-0.4, -0.2) is 120 Å². The third kappa shape index (κ3) is 10.3. The SMILES string of the molecule is CCc1cccc2cc(O)cc(-c3ncc4c(N5CCCCCC5)nc(OC[C@@]56CCCN5[C@H](COc5cc([C@@H](C(=O)N7C[C@H](O)C[C@H]7C(=O)N[C@@H](C)c7ccc(-c8scnc8C)cc7)C(C)C)on5)CC6)nc4c3F)c12. The summed E-state index contributed by atoms with van der Waals surface area (Å²) >= 11 is 1.58. The molecule has 4 fully saturated rings. The number of aromatic nitrogens is 5. The van der Waals surface area contributed by atoms with Gasteiger partial charge in [-0.15, -0.1) is 11.3 Å². The summed E-state index contributed by atoms with van der Waals surface area (Å²) in [5, 5.41) is 31.2. The van der Waals surface area contributed by atoms with E-state index in [0.29, 0.717) is 35.7 Å². The second kappa shape index (κ2) is 21.9. The lowest BCUT2D eigenvalue weighted by molar-refractivity contribution is -0.141. The average Bonchev–Trinajstić information content (AvgIpc) is 4.34. The first-order chi connectivity index (χ1) is 37.3. The highest BCUT2D eigenvalue weighted by molar-refractivity contribution is 7.13. The molecule has 4 aliphatic heterocycles. The Kier molecular flexibility index (Phi) is 14.9. The number of likely N-dealkylation sites (tertiary alicyclic amines) is 1. The molecular formula is C59H68FN9O7S. The molecule has 11 rings (SSSR count). The van der Waals surface area contributed by atoms with Gasteiger partial charge in [-0.2, -0.15) is 9.97 Å². The average molecular weight is 1070 g/mol. The molecule has 0 radical (unpaired) electrons. The van der Waals surface area contributed by atoms with Gasteiger partial charge in [0.1, 0.15) is 48.0 Å². The van der Waals surface area contributed by atoms with Crippen LogP contribution in [-0.2, 0) is 16.0 Å². The summed E-state index contributed by atoms with van der Waals surface area (Å²) in [4.78, 5) is 54.5. The molecule has 3 aromatic carbocycles. The number of fused-ring (bicyclic) bond motifs is 3. The monoisotopic (exact) mass is 1070 g/mol. The molecule has 2 amide bonds. The van der Waals surface area contributed by atoms with Gasteiger partial charge in [0.15, 0.2) is 11.6 Å².